The quantitative estimate of drug-likeness (QED) is 0.164. The van der Waals surface area contributed by atoms with Gasteiger partial charge in [0.15, 0.2) is 5.82 Å². The summed E-state index contributed by atoms with van der Waals surface area (Å²) in [6.45, 7) is 4.48. The van der Waals surface area contributed by atoms with Crippen LogP contribution in [0, 0.1) is 6.92 Å². The van der Waals surface area contributed by atoms with Gasteiger partial charge in [0.25, 0.3) is 0 Å². The molecule has 9 aromatic carbocycles. The van der Waals surface area contributed by atoms with Crippen molar-refractivity contribution in [2.24, 2.45) is 0 Å². The van der Waals surface area contributed by atoms with Crippen LogP contribution in [-0.4, -0.2) is 24.1 Å². The molecule has 0 aliphatic carbocycles. The molecule has 0 bridgehead atoms. The molecular formula is C54H37N5. The molecular weight excluding hydrogens is 719 g/mol. The number of fused-ring (bicyclic) bond motifs is 12. The molecule has 278 valence electrons. The van der Waals surface area contributed by atoms with E-state index >= 15 is 0 Å². The van der Waals surface area contributed by atoms with E-state index in [2.05, 4.69) is 199 Å². The Morgan fingerprint density at radius 1 is 0.373 bits per heavy atom. The SMILES string of the molecule is CCc1ccc(-c2nc(-n3c4ccccc4c4ccccc43)nc(-n3c4ccccc4c4ccccc43)n2)cc1-c1cc2c3ccccc3c3ccccc3c2cc1C. The minimum absolute atomic E-state index is 0.575. The molecule has 0 fully saturated rings. The van der Waals surface area contributed by atoms with Crippen molar-refractivity contribution in [3.8, 4) is 34.4 Å². The van der Waals surface area contributed by atoms with E-state index in [1.54, 1.807) is 0 Å². The fourth-order valence-electron chi connectivity index (χ4n) is 9.58. The second kappa shape index (κ2) is 12.9. The Morgan fingerprint density at radius 3 is 1.20 bits per heavy atom. The van der Waals surface area contributed by atoms with E-state index in [-0.39, 0.29) is 0 Å². The van der Waals surface area contributed by atoms with Crippen LogP contribution in [0.15, 0.2) is 176 Å². The molecule has 0 saturated heterocycles. The summed E-state index contributed by atoms with van der Waals surface area (Å²) in [5.74, 6) is 1.77. The molecule has 0 radical (unpaired) electrons. The van der Waals surface area contributed by atoms with Crippen LogP contribution in [0.25, 0.3) is 110 Å². The van der Waals surface area contributed by atoms with E-state index in [1.807, 2.05) is 0 Å². The normalized spacial score (nSPS) is 12.0. The smallest absolute Gasteiger partial charge is 0.240 e. The Bertz CT molecular complexity index is 3440. The zero-order chi connectivity index (χ0) is 39.2. The fraction of sp³-hybridized carbons (Fsp3) is 0.0556. The summed E-state index contributed by atoms with van der Waals surface area (Å²) in [4.78, 5) is 16.1. The second-order valence-corrected chi connectivity index (χ2v) is 15.5. The lowest BCUT2D eigenvalue weighted by molar-refractivity contribution is 0.893. The highest BCUT2D eigenvalue weighted by molar-refractivity contribution is 6.26. The Hall–Kier alpha value is -7.63. The zero-order valence-electron chi connectivity index (χ0n) is 32.7. The highest BCUT2D eigenvalue weighted by Crippen LogP contribution is 2.41. The van der Waals surface area contributed by atoms with Crippen molar-refractivity contribution in [2.75, 3.05) is 0 Å². The van der Waals surface area contributed by atoms with E-state index in [0.29, 0.717) is 17.7 Å². The van der Waals surface area contributed by atoms with Crippen LogP contribution in [0.5, 0.6) is 0 Å². The summed E-state index contributed by atoms with van der Waals surface area (Å²) < 4.78 is 4.38. The van der Waals surface area contributed by atoms with Crippen LogP contribution in [0.2, 0.25) is 0 Å². The molecule has 0 atom stereocenters. The van der Waals surface area contributed by atoms with Crippen LogP contribution < -0.4 is 0 Å². The van der Waals surface area contributed by atoms with E-state index < -0.39 is 0 Å². The Labute approximate surface area is 340 Å². The molecule has 5 heteroatoms. The van der Waals surface area contributed by atoms with Gasteiger partial charge in [-0.1, -0.05) is 146 Å². The van der Waals surface area contributed by atoms with Crippen molar-refractivity contribution in [1.29, 1.82) is 0 Å². The largest absolute Gasteiger partial charge is 0.278 e. The van der Waals surface area contributed by atoms with Crippen LogP contribution in [0.4, 0.5) is 0 Å². The van der Waals surface area contributed by atoms with Gasteiger partial charge >= 0.3 is 0 Å². The van der Waals surface area contributed by atoms with Gasteiger partial charge in [0.2, 0.25) is 11.9 Å². The van der Waals surface area contributed by atoms with Crippen LogP contribution in [0.3, 0.4) is 0 Å². The number of hydrogen-bond donors (Lipinski definition) is 0. The predicted molar refractivity (Wildman–Crippen MR) is 246 cm³/mol. The van der Waals surface area contributed by atoms with Crippen molar-refractivity contribution in [3.63, 3.8) is 0 Å². The molecule has 0 spiro atoms. The molecule has 0 saturated carbocycles. The number of para-hydroxylation sites is 4. The predicted octanol–water partition coefficient (Wildman–Crippen LogP) is 13.7. The molecule has 3 aromatic heterocycles. The number of aromatic nitrogens is 5. The Balaban J connectivity index is 1.14. The lowest BCUT2D eigenvalue weighted by atomic mass is 9.87. The highest BCUT2D eigenvalue weighted by atomic mass is 15.3. The first-order valence-electron chi connectivity index (χ1n) is 20.4. The van der Waals surface area contributed by atoms with Crippen molar-refractivity contribution < 1.29 is 0 Å². The van der Waals surface area contributed by atoms with Crippen molar-refractivity contribution >= 4 is 75.9 Å². The molecule has 12 aromatic rings. The monoisotopic (exact) mass is 755 g/mol. The lowest BCUT2D eigenvalue weighted by Crippen LogP contribution is -2.10. The zero-order valence-corrected chi connectivity index (χ0v) is 32.7. The van der Waals surface area contributed by atoms with Gasteiger partial charge in [-0.2, -0.15) is 15.0 Å². The van der Waals surface area contributed by atoms with Gasteiger partial charge in [-0.05, 0) is 104 Å². The van der Waals surface area contributed by atoms with E-state index in [4.69, 9.17) is 15.0 Å². The maximum atomic E-state index is 5.38. The minimum Gasteiger partial charge on any atom is -0.278 e. The molecule has 0 amide bonds. The summed E-state index contributed by atoms with van der Waals surface area (Å²) in [7, 11) is 0. The van der Waals surface area contributed by atoms with Crippen molar-refractivity contribution in [3.05, 3.63) is 187 Å². The number of aryl methyl sites for hydroxylation is 2. The summed E-state index contributed by atoms with van der Waals surface area (Å²) in [5, 5.41) is 12.3. The van der Waals surface area contributed by atoms with Crippen LogP contribution >= 0.6 is 0 Å². The molecule has 59 heavy (non-hydrogen) atoms. The van der Waals surface area contributed by atoms with Gasteiger partial charge in [0, 0.05) is 27.1 Å². The third-order valence-electron chi connectivity index (χ3n) is 12.3. The summed E-state index contributed by atoms with van der Waals surface area (Å²) >= 11 is 0. The molecule has 5 nitrogen and oxygen atoms in total. The highest BCUT2D eigenvalue weighted by Gasteiger charge is 2.21. The number of rotatable bonds is 5. The van der Waals surface area contributed by atoms with E-state index in [1.165, 1.54) is 54.6 Å². The maximum absolute atomic E-state index is 5.38. The van der Waals surface area contributed by atoms with Crippen molar-refractivity contribution in [2.45, 2.75) is 20.3 Å². The molecule has 0 N–H and O–H groups in total. The standard InChI is InChI=1S/C54H37N5/c1-3-34-28-29-35(31-45(34)44-32-47-39-19-7-5-17-37(39)36-16-4-6-18-38(36)46(47)30-33(44)2)52-55-53(58-48-24-12-8-20-40(48)41-21-9-13-25-49(41)58)57-54(56-52)59-50-26-14-10-22-42(50)43-23-11-15-27-51(43)59/h4-32H,3H2,1-2H3. The molecule has 3 heterocycles. The second-order valence-electron chi connectivity index (χ2n) is 15.5. The fourth-order valence-corrected chi connectivity index (χ4v) is 9.58. The van der Waals surface area contributed by atoms with Gasteiger partial charge in [0.05, 0.1) is 22.1 Å². The average molecular weight is 756 g/mol. The number of benzene rings is 9. The maximum Gasteiger partial charge on any atom is 0.240 e. The van der Waals surface area contributed by atoms with Gasteiger partial charge in [-0.3, -0.25) is 9.13 Å². The Morgan fingerprint density at radius 2 is 0.763 bits per heavy atom. The third kappa shape index (κ3) is 5.01. The molecule has 0 aliphatic heterocycles. The molecule has 0 unspecified atom stereocenters. The lowest BCUT2D eigenvalue weighted by Gasteiger charge is -2.17. The van der Waals surface area contributed by atoms with Crippen molar-refractivity contribution in [1.82, 2.24) is 24.1 Å². The summed E-state index contributed by atoms with van der Waals surface area (Å²) in [5.41, 5.74) is 10.1. The van der Waals surface area contributed by atoms with Gasteiger partial charge in [0.1, 0.15) is 0 Å². The molecule has 12 rings (SSSR count). The van der Waals surface area contributed by atoms with E-state index in [9.17, 15) is 0 Å². The van der Waals surface area contributed by atoms with Crippen LogP contribution in [-0.2, 0) is 6.42 Å². The van der Waals surface area contributed by atoms with Gasteiger partial charge in [-0.25, -0.2) is 0 Å². The van der Waals surface area contributed by atoms with Crippen LogP contribution in [0.1, 0.15) is 18.1 Å². The number of nitrogens with zero attached hydrogens (tertiary/aromatic N) is 5. The molecule has 0 aliphatic rings. The van der Waals surface area contributed by atoms with Gasteiger partial charge in [-0.15, -0.1) is 0 Å². The van der Waals surface area contributed by atoms with Gasteiger partial charge < -0.3 is 0 Å². The minimum atomic E-state index is 0.575. The summed E-state index contributed by atoms with van der Waals surface area (Å²) in [6.07, 6.45) is 0.891. The first-order chi connectivity index (χ1) is 29.1. The Kier molecular flexibility index (Phi) is 7.35. The topological polar surface area (TPSA) is 48.5 Å². The third-order valence-corrected chi connectivity index (χ3v) is 12.3. The van der Waals surface area contributed by atoms with E-state index in [0.717, 1.165) is 55.6 Å². The number of hydrogen-bond acceptors (Lipinski definition) is 3. The first-order valence-corrected chi connectivity index (χ1v) is 20.4. The summed E-state index contributed by atoms with van der Waals surface area (Å²) in [6, 6.07) is 63.2. The average Bonchev–Trinajstić information content (AvgIpc) is 3.82. The first kappa shape index (κ1) is 33.5.